The van der Waals surface area contributed by atoms with Crippen LogP contribution in [0.4, 0.5) is 5.82 Å². The largest absolute Gasteiger partial charge is 0.382 e. The summed E-state index contributed by atoms with van der Waals surface area (Å²) >= 11 is 0. The highest BCUT2D eigenvalue weighted by molar-refractivity contribution is 7.85. The Kier molecular flexibility index (Phi) is 13.0. The molecule has 12 nitrogen and oxygen atoms in total. The molecule has 0 aliphatic heterocycles. The van der Waals surface area contributed by atoms with Gasteiger partial charge < -0.3 is 20.8 Å². The first-order valence-electron chi connectivity index (χ1n) is 14.8. The van der Waals surface area contributed by atoms with Crippen molar-refractivity contribution < 1.29 is 32.1 Å². The fraction of sp³-hybridized carbons (Fsp3) is 0.567. The maximum Gasteiger partial charge on any atom is 0.265 e. The third-order valence-electron chi connectivity index (χ3n) is 7.16. The summed E-state index contributed by atoms with van der Waals surface area (Å²) in [5.74, 6) is -1.66. The highest BCUT2D eigenvalue weighted by atomic mass is 32.2. The molecule has 0 aliphatic rings. The van der Waals surface area contributed by atoms with Crippen molar-refractivity contribution >= 4 is 55.3 Å². The molecule has 0 spiro atoms. The van der Waals surface area contributed by atoms with Crippen molar-refractivity contribution in [2.75, 3.05) is 31.2 Å². The lowest BCUT2D eigenvalue weighted by Crippen LogP contribution is -2.36. The fourth-order valence-electron chi connectivity index (χ4n) is 4.83. The summed E-state index contributed by atoms with van der Waals surface area (Å²) in [6, 6.07) is 6.12. The van der Waals surface area contributed by atoms with Gasteiger partial charge in [-0.25, -0.2) is 9.97 Å². The second kappa shape index (κ2) is 16.4. The van der Waals surface area contributed by atoms with Gasteiger partial charge in [0.25, 0.3) is 10.1 Å². The molecule has 1 atom stereocenters. The summed E-state index contributed by atoms with van der Waals surface area (Å²) in [7, 11) is -4.46. The van der Waals surface area contributed by atoms with E-state index in [1.165, 1.54) is 6.92 Å². The number of ether oxygens (including phenoxy) is 1. The Morgan fingerprint density at radius 2 is 1.84 bits per heavy atom. The molecule has 0 unspecified atom stereocenters. The van der Waals surface area contributed by atoms with Crippen LogP contribution >= 0.6 is 0 Å². The first-order valence-corrected chi connectivity index (χ1v) is 16.5. The lowest BCUT2D eigenvalue weighted by molar-refractivity contribution is -0.129. The first kappa shape index (κ1) is 34.1. The zero-order chi connectivity index (χ0) is 31.4. The summed E-state index contributed by atoms with van der Waals surface area (Å²) in [5.41, 5.74) is 9.73. The number of unbranched alkanes of at least 4 members (excludes halogenated alkanes) is 3. The molecule has 0 aliphatic carbocycles. The number of pyridine rings is 1. The number of nitrogen functional groups attached to an aromatic ring is 1. The van der Waals surface area contributed by atoms with Gasteiger partial charge in [0.1, 0.15) is 34.2 Å². The number of H-pyrrole nitrogens is 1. The lowest BCUT2D eigenvalue weighted by Gasteiger charge is -2.15. The van der Waals surface area contributed by atoms with E-state index < -0.39 is 27.7 Å². The number of aryl methyl sites for hydroxylation is 2. The van der Waals surface area contributed by atoms with Gasteiger partial charge in [-0.1, -0.05) is 31.9 Å². The van der Waals surface area contributed by atoms with Gasteiger partial charge >= 0.3 is 0 Å². The molecule has 3 aromatic rings. The number of aromatic nitrogens is 3. The van der Waals surface area contributed by atoms with E-state index in [-0.39, 0.29) is 44.0 Å². The standard InChI is InChI=1S/C30H43N5O7S/c1-3-4-9-26-34-27-24-11-10-21(17-25(24)33-29(31)28(27)35-26)8-6-5-7-14-32-30(38)22(19-43(39,40)41)18-23(37)13-16-42-15-12-20(2)36/h10-11,17,22H,3-9,12-16,18-19H2,1-2H3,(H2,31,33)(H,32,38)(H,34,35)(H,39,40,41)/t22-/m0/s1. The van der Waals surface area contributed by atoms with Crippen LogP contribution in [0.5, 0.6) is 0 Å². The summed E-state index contributed by atoms with van der Waals surface area (Å²) in [5, 5.41) is 3.64. The van der Waals surface area contributed by atoms with Crippen molar-refractivity contribution in [1.82, 2.24) is 20.3 Å². The molecule has 1 aromatic carbocycles. The van der Waals surface area contributed by atoms with Gasteiger partial charge in [-0.15, -0.1) is 0 Å². The van der Waals surface area contributed by atoms with Crippen LogP contribution in [0.1, 0.15) is 76.6 Å². The van der Waals surface area contributed by atoms with Crippen LogP contribution in [-0.4, -0.2) is 70.9 Å². The number of Topliss-reactive ketones (excluding diaryl/α,β-unsaturated/α-hetero) is 2. The number of benzene rings is 1. The molecule has 0 saturated heterocycles. The molecule has 2 aromatic heterocycles. The van der Waals surface area contributed by atoms with E-state index in [9.17, 15) is 27.4 Å². The summed E-state index contributed by atoms with van der Waals surface area (Å²) in [6.45, 7) is 4.16. The molecule has 0 saturated carbocycles. The summed E-state index contributed by atoms with van der Waals surface area (Å²) in [6.07, 6.45) is 6.03. The Hall–Kier alpha value is -3.42. The van der Waals surface area contributed by atoms with Crippen molar-refractivity contribution in [3.8, 4) is 0 Å². The number of aromatic amines is 1. The number of imidazole rings is 1. The molecule has 5 N–H and O–H groups in total. The fourth-order valence-corrected chi connectivity index (χ4v) is 5.60. The van der Waals surface area contributed by atoms with E-state index >= 15 is 0 Å². The Morgan fingerprint density at radius 3 is 2.56 bits per heavy atom. The van der Waals surface area contributed by atoms with Gasteiger partial charge in [0, 0.05) is 37.6 Å². The van der Waals surface area contributed by atoms with Gasteiger partial charge in [-0.2, -0.15) is 8.42 Å². The highest BCUT2D eigenvalue weighted by Gasteiger charge is 2.26. The zero-order valence-electron chi connectivity index (χ0n) is 25.0. The van der Waals surface area contributed by atoms with E-state index in [1.54, 1.807) is 0 Å². The highest BCUT2D eigenvalue weighted by Crippen LogP contribution is 2.27. The molecular formula is C30H43N5O7S. The van der Waals surface area contributed by atoms with Crippen LogP contribution < -0.4 is 11.1 Å². The van der Waals surface area contributed by atoms with Gasteiger partial charge in [0.15, 0.2) is 0 Å². The molecule has 0 bridgehead atoms. The minimum absolute atomic E-state index is 0.0172. The molecule has 13 heteroatoms. The monoisotopic (exact) mass is 617 g/mol. The van der Waals surface area contributed by atoms with Gasteiger partial charge in [-0.05, 0) is 44.2 Å². The van der Waals surface area contributed by atoms with Crippen molar-refractivity contribution in [2.45, 2.75) is 78.1 Å². The van der Waals surface area contributed by atoms with Gasteiger partial charge in [0.05, 0.1) is 30.4 Å². The second-order valence-corrected chi connectivity index (χ2v) is 12.5. The minimum atomic E-state index is -4.46. The number of carbonyl (C=O) groups is 3. The van der Waals surface area contributed by atoms with E-state index in [2.05, 4.69) is 28.3 Å². The third-order valence-corrected chi connectivity index (χ3v) is 7.98. The molecule has 0 fully saturated rings. The van der Waals surface area contributed by atoms with Crippen LogP contribution in [0, 0.1) is 5.92 Å². The normalized spacial score (nSPS) is 12.5. The Morgan fingerprint density at radius 1 is 1.07 bits per heavy atom. The van der Waals surface area contributed by atoms with Crippen molar-refractivity contribution in [3.63, 3.8) is 0 Å². The third kappa shape index (κ3) is 11.3. The smallest absolute Gasteiger partial charge is 0.265 e. The van der Waals surface area contributed by atoms with Crippen LogP contribution in [-0.2, 0) is 42.1 Å². The van der Waals surface area contributed by atoms with Crippen molar-refractivity contribution in [3.05, 3.63) is 29.6 Å². The number of ketones is 2. The number of hydrogen-bond donors (Lipinski definition) is 4. The zero-order valence-corrected chi connectivity index (χ0v) is 25.8. The predicted molar refractivity (Wildman–Crippen MR) is 165 cm³/mol. The molecule has 236 valence electrons. The minimum Gasteiger partial charge on any atom is -0.382 e. The van der Waals surface area contributed by atoms with Gasteiger partial charge in [-0.3, -0.25) is 18.9 Å². The Balaban J connectivity index is 1.45. The van der Waals surface area contributed by atoms with Crippen LogP contribution in [0.15, 0.2) is 18.2 Å². The number of nitrogens with zero attached hydrogens (tertiary/aromatic N) is 2. The maximum absolute atomic E-state index is 12.6. The molecule has 2 heterocycles. The number of rotatable bonds is 20. The summed E-state index contributed by atoms with van der Waals surface area (Å²) in [4.78, 5) is 48.5. The summed E-state index contributed by atoms with van der Waals surface area (Å²) < 4.78 is 37.4. The number of anilines is 1. The van der Waals surface area contributed by atoms with Gasteiger partial charge in [0.2, 0.25) is 5.91 Å². The van der Waals surface area contributed by atoms with Crippen molar-refractivity contribution in [2.24, 2.45) is 5.92 Å². The topological polar surface area (TPSA) is 194 Å². The molecule has 3 rings (SSSR count). The molecular weight excluding hydrogens is 574 g/mol. The number of carbonyl (C=O) groups excluding carboxylic acids is 3. The number of hydrogen-bond acceptors (Lipinski definition) is 9. The predicted octanol–water partition coefficient (Wildman–Crippen LogP) is 3.71. The number of nitrogens with two attached hydrogens (primary N) is 1. The number of fused-ring (bicyclic) bond motifs is 3. The lowest BCUT2D eigenvalue weighted by atomic mass is 10.0. The molecule has 1 amide bonds. The average molecular weight is 618 g/mol. The Bertz CT molecular complexity index is 1520. The van der Waals surface area contributed by atoms with Crippen LogP contribution in [0.3, 0.4) is 0 Å². The van der Waals surface area contributed by atoms with Crippen LogP contribution in [0.25, 0.3) is 21.9 Å². The van der Waals surface area contributed by atoms with E-state index in [0.29, 0.717) is 18.8 Å². The molecule has 43 heavy (non-hydrogen) atoms. The van der Waals surface area contributed by atoms with E-state index in [1.807, 2.05) is 12.1 Å². The SMILES string of the molecule is CCCCc1nc2c([nH]1)c(N)nc1cc(CCCCCNC(=O)[C@@H](CC(=O)CCOCCC(C)=O)CS(=O)(=O)O)ccc12. The molecule has 0 radical (unpaired) electrons. The van der Waals surface area contributed by atoms with Crippen LogP contribution in [0.2, 0.25) is 0 Å². The Labute approximate surface area is 252 Å². The maximum atomic E-state index is 12.6. The average Bonchev–Trinajstić information content (AvgIpc) is 3.37. The second-order valence-electron chi connectivity index (χ2n) is 11.0. The first-order chi connectivity index (χ1) is 20.5. The van der Waals surface area contributed by atoms with Crippen molar-refractivity contribution in [1.29, 1.82) is 0 Å². The van der Waals surface area contributed by atoms with E-state index in [0.717, 1.165) is 71.8 Å². The van der Waals surface area contributed by atoms with E-state index in [4.69, 9.17) is 15.5 Å². The quantitative estimate of drug-likeness (QED) is 0.107. The number of amides is 1. The number of nitrogens with one attached hydrogen (secondary N) is 2.